The number of hydrogen-bond donors (Lipinski definition) is 1. The van der Waals surface area contributed by atoms with Crippen molar-refractivity contribution in [3.05, 3.63) is 17.0 Å². The lowest BCUT2D eigenvalue weighted by Crippen LogP contribution is -2.26. The highest BCUT2D eigenvalue weighted by Crippen LogP contribution is 2.20. The first-order valence-electron chi connectivity index (χ1n) is 5.48. The van der Waals surface area contributed by atoms with Crippen LogP contribution >= 0.6 is 11.8 Å². The molecule has 1 aromatic heterocycles. The molecule has 2 rings (SSSR count). The van der Waals surface area contributed by atoms with Gasteiger partial charge in [-0.2, -0.15) is 0 Å². The van der Waals surface area contributed by atoms with Gasteiger partial charge in [0.05, 0.1) is 5.69 Å². The van der Waals surface area contributed by atoms with Gasteiger partial charge in [-0.3, -0.25) is 0 Å². The SMILES string of the molecule is CCCc1nc(SC)nc2c1CNCC2. The van der Waals surface area contributed by atoms with Gasteiger partial charge in [0.25, 0.3) is 0 Å². The first-order valence-corrected chi connectivity index (χ1v) is 6.71. The Kier molecular flexibility index (Phi) is 3.59. The number of aromatic nitrogens is 2. The number of nitrogens with zero attached hydrogens (tertiary/aromatic N) is 2. The van der Waals surface area contributed by atoms with Crippen molar-refractivity contribution in [1.29, 1.82) is 0 Å². The first-order chi connectivity index (χ1) is 7.35. The van der Waals surface area contributed by atoms with Crippen LogP contribution in [0.15, 0.2) is 5.16 Å². The van der Waals surface area contributed by atoms with Crippen molar-refractivity contribution in [1.82, 2.24) is 15.3 Å². The summed E-state index contributed by atoms with van der Waals surface area (Å²) in [5, 5.41) is 4.32. The molecule has 4 heteroatoms. The van der Waals surface area contributed by atoms with Gasteiger partial charge in [0.2, 0.25) is 0 Å². The molecule has 0 saturated carbocycles. The van der Waals surface area contributed by atoms with Gasteiger partial charge in [0.1, 0.15) is 0 Å². The molecule has 0 radical (unpaired) electrons. The average Bonchev–Trinajstić information content (AvgIpc) is 2.29. The second-order valence-electron chi connectivity index (χ2n) is 3.76. The summed E-state index contributed by atoms with van der Waals surface area (Å²) in [7, 11) is 0. The fourth-order valence-corrected chi connectivity index (χ4v) is 2.33. The molecule has 2 heterocycles. The Labute approximate surface area is 95.1 Å². The summed E-state index contributed by atoms with van der Waals surface area (Å²) < 4.78 is 0. The predicted octanol–water partition coefficient (Wildman–Crippen LogP) is 1.80. The monoisotopic (exact) mass is 223 g/mol. The summed E-state index contributed by atoms with van der Waals surface area (Å²) >= 11 is 1.64. The smallest absolute Gasteiger partial charge is 0.187 e. The molecular formula is C11H17N3S. The minimum Gasteiger partial charge on any atom is -0.312 e. The highest BCUT2D eigenvalue weighted by molar-refractivity contribution is 7.98. The van der Waals surface area contributed by atoms with Crippen LogP contribution in [0, 0.1) is 0 Å². The maximum atomic E-state index is 4.61. The van der Waals surface area contributed by atoms with Gasteiger partial charge in [0, 0.05) is 30.8 Å². The Morgan fingerprint density at radius 3 is 3.00 bits per heavy atom. The zero-order valence-electron chi connectivity index (χ0n) is 9.34. The van der Waals surface area contributed by atoms with Crippen molar-refractivity contribution in [2.45, 2.75) is 37.9 Å². The molecule has 1 aliphatic heterocycles. The molecule has 1 aliphatic rings. The highest BCUT2D eigenvalue weighted by Gasteiger charge is 2.16. The van der Waals surface area contributed by atoms with Gasteiger partial charge in [-0.15, -0.1) is 0 Å². The third-order valence-electron chi connectivity index (χ3n) is 2.67. The standard InChI is InChI=1S/C11H17N3S/c1-3-4-9-8-7-12-6-5-10(8)14-11(13-9)15-2/h12H,3-7H2,1-2H3. The van der Waals surface area contributed by atoms with Crippen molar-refractivity contribution in [2.75, 3.05) is 12.8 Å². The molecule has 1 aromatic rings. The summed E-state index contributed by atoms with van der Waals surface area (Å²) in [4.78, 5) is 9.19. The molecule has 0 aliphatic carbocycles. The summed E-state index contributed by atoms with van der Waals surface area (Å²) in [6, 6.07) is 0. The number of aryl methyl sites for hydroxylation is 1. The lowest BCUT2D eigenvalue weighted by molar-refractivity contribution is 0.602. The molecule has 0 fully saturated rings. The van der Waals surface area contributed by atoms with Crippen LogP contribution in [-0.4, -0.2) is 22.8 Å². The van der Waals surface area contributed by atoms with E-state index < -0.39 is 0 Å². The number of thioether (sulfide) groups is 1. The second kappa shape index (κ2) is 4.94. The average molecular weight is 223 g/mol. The van der Waals surface area contributed by atoms with Crippen molar-refractivity contribution in [3.63, 3.8) is 0 Å². The largest absolute Gasteiger partial charge is 0.312 e. The fraction of sp³-hybridized carbons (Fsp3) is 0.636. The van der Waals surface area contributed by atoms with E-state index in [1.165, 1.54) is 17.0 Å². The van der Waals surface area contributed by atoms with E-state index in [0.29, 0.717) is 0 Å². The molecule has 3 nitrogen and oxygen atoms in total. The van der Waals surface area contributed by atoms with E-state index in [4.69, 9.17) is 0 Å². The summed E-state index contributed by atoms with van der Waals surface area (Å²) in [6.07, 6.45) is 5.30. The van der Waals surface area contributed by atoms with Crippen LogP contribution in [-0.2, 0) is 19.4 Å². The van der Waals surface area contributed by atoms with E-state index in [9.17, 15) is 0 Å². The highest BCUT2D eigenvalue weighted by atomic mass is 32.2. The van der Waals surface area contributed by atoms with Gasteiger partial charge in [0.15, 0.2) is 5.16 Å². The fourth-order valence-electron chi connectivity index (χ4n) is 1.92. The molecule has 15 heavy (non-hydrogen) atoms. The van der Waals surface area contributed by atoms with Crippen LogP contribution in [0.4, 0.5) is 0 Å². The van der Waals surface area contributed by atoms with Gasteiger partial charge >= 0.3 is 0 Å². The molecule has 82 valence electrons. The van der Waals surface area contributed by atoms with Crippen molar-refractivity contribution < 1.29 is 0 Å². The van der Waals surface area contributed by atoms with Crippen molar-refractivity contribution in [3.8, 4) is 0 Å². The van der Waals surface area contributed by atoms with Crippen LogP contribution < -0.4 is 5.32 Å². The predicted molar refractivity (Wildman–Crippen MR) is 63.2 cm³/mol. The van der Waals surface area contributed by atoms with E-state index in [-0.39, 0.29) is 0 Å². The van der Waals surface area contributed by atoms with Crippen LogP contribution in [0.25, 0.3) is 0 Å². The molecule has 0 unspecified atom stereocenters. The Morgan fingerprint density at radius 1 is 1.40 bits per heavy atom. The van der Waals surface area contributed by atoms with Crippen molar-refractivity contribution >= 4 is 11.8 Å². The molecule has 0 atom stereocenters. The van der Waals surface area contributed by atoms with Gasteiger partial charge in [-0.1, -0.05) is 25.1 Å². The number of hydrogen-bond acceptors (Lipinski definition) is 4. The van der Waals surface area contributed by atoms with E-state index in [0.717, 1.165) is 37.5 Å². The Morgan fingerprint density at radius 2 is 2.27 bits per heavy atom. The third-order valence-corrected chi connectivity index (χ3v) is 3.22. The van der Waals surface area contributed by atoms with Crippen LogP contribution in [0.1, 0.15) is 30.3 Å². The van der Waals surface area contributed by atoms with E-state index in [1.807, 2.05) is 6.26 Å². The molecule has 0 bridgehead atoms. The molecule has 1 N–H and O–H groups in total. The minimum absolute atomic E-state index is 0.930. The number of nitrogens with one attached hydrogen (secondary N) is 1. The quantitative estimate of drug-likeness (QED) is 0.626. The lowest BCUT2D eigenvalue weighted by atomic mass is 10.0. The normalized spacial score (nSPS) is 15.1. The summed E-state index contributed by atoms with van der Waals surface area (Å²) in [5.74, 6) is 0. The number of rotatable bonds is 3. The van der Waals surface area contributed by atoms with E-state index in [1.54, 1.807) is 11.8 Å². The maximum Gasteiger partial charge on any atom is 0.187 e. The molecule has 0 amide bonds. The third kappa shape index (κ3) is 2.32. The summed E-state index contributed by atoms with van der Waals surface area (Å²) in [5.41, 5.74) is 3.86. The van der Waals surface area contributed by atoms with E-state index in [2.05, 4.69) is 22.2 Å². The van der Waals surface area contributed by atoms with Crippen molar-refractivity contribution in [2.24, 2.45) is 0 Å². The first kappa shape index (κ1) is 10.9. The molecule has 0 spiro atoms. The molecule has 0 saturated heterocycles. The molecular weight excluding hydrogens is 206 g/mol. The Balaban J connectivity index is 2.41. The van der Waals surface area contributed by atoms with E-state index >= 15 is 0 Å². The van der Waals surface area contributed by atoms with Crippen LogP contribution in [0.5, 0.6) is 0 Å². The van der Waals surface area contributed by atoms with Crippen LogP contribution in [0.2, 0.25) is 0 Å². The minimum atomic E-state index is 0.930. The maximum absolute atomic E-state index is 4.61. The zero-order valence-corrected chi connectivity index (χ0v) is 10.2. The zero-order chi connectivity index (χ0) is 10.7. The Bertz CT molecular complexity index is 352. The number of fused-ring (bicyclic) bond motifs is 1. The van der Waals surface area contributed by atoms with Gasteiger partial charge in [-0.25, -0.2) is 9.97 Å². The van der Waals surface area contributed by atoms with Gasteiger partial charge in [-0.05, 0) is 12.7 Å². The Hall–Kier alpha value is -0.610. The van der Waals surface area contributed by atoms with Gasteiger partial charge < -0.3 is 5.32 Å². The second-order valence-corrected chi connectivity index (χ2v) is 4.53. The topological polar surface area (TPSA) is 37.8 Å². The summed E-state index contributed by atoms with van der Waals surface area (Å²) in [6.45, 7) is 4.19. The van der Waals surface area contributed by atoms with Crippen LogP contribution in [0.3, 0.4) is 0 Å². The molecule has 0 aromatic carbocycles. The lowest BCUT2D eigenvalue weighted by Gasteiger charge is -2.19.